The molecule has 0 bridgehead atoms. The number of alkyl halides is 2. The van der Waals surface area contributed by atoms with Crippen LogP contribution in [0.25, 0.3) is 0 Å². The molecule has 2 rings (SSSR count). The van der Waals surface area contributed by atoms with Crippen molar-refractivity contribution in [2.45, 2.75) is 12.5 Å². The van der Waals surface area contributed by atoms with Crippen molar-refractivity contribution in [1.29, 1.82) is 0 Å². The van der Waals surface area contributed by atoms with Crippen molar-refractivity contribution >= 4 is 0 Å². The fourth-order valence-electron chi connectivity index (χ4n) is 1.80. The molecular formula is C15H13F4N. The lowest BCUT2D eigenvalue weighted by Gasteiger charge is -2.17. The van der Waals surface area contributed by atoms with Crippen LogP contribution in [0.4, 0.5) is 17.6 Å². The van der Waals surface area contributed by atoms with Gasteiger partial charge >= 0.3 is 0 Å². The van der Waals surface area contributed by atoms with Crippen molar-refractivity contribution < 1.29 is 17.6 Å². The lowest BCUT2D eigenvalue weighted by Crippen LogP contribution is -2.30. The average molecular weight is 283 g/mol. The largest absolute Gasteiger partial charge is 0.307 e. The van der Waals surface area contributed by atoms with Gasteiger partial charge < -0.3 is 5.32 Å². The van der Waals surface area contributed by atoms with Gasteiger partial charge in [-0.15, -0.1) is 0 Å². The maximum absolute atomic E-state index is 13.8. The minimum atomic E-state index is -3.01. The van der Waals surface area contributed by atoms with Crippen LogP contribution in [0, 0.1) is 11.6 Å². The third kappa shape index (κ3) is 3.57. The van der Waals surface area contributed by atoms with Crippen LogP contribution in [0.5, 0.6) is 0 Å². The molecule has 0 unspecified atom stereocenters. The summed E-state index contributed by atoms with van der Waals surface area (Å²) in [6.07, 6.45) is 0. The van der Waals surface area contributed by atoms with Crippen LogP contribution in [0.2, 0.25) is 0 Å². The van der Waals surface area contributed by atoms with Crippen molar-refractivity contribution in [2.75, 3.05) is 6.54 Å². The summed E-state index contributed by atoms with van der Waals surface area (Å²) in [4.78, 5) is 0. The molecule has 0 amide bonds. The van der Waals surface area contributed by atoms with Crippen molar-refractivity contribution in [3.05, 3.63) is 71.3 Å². The third-order valence-corrected chi connectivity index (χ3v) is 2.86. The van der Waals surface area contributed by atoms with E-state index < -0.39 is 24.1 Å². The van der Waals surface area contributed by atoms with E-state index in [-0.39, 0.29) is 12.1 Å². The highest BCUT2D eigenvalue weighted by atomic mass is 19.3. The van der Waals surface area contributed by atoms with E-state index in [1.54, 1.807) is 18.2 Å². The van der Waals surface area contributed by atoms with Gasteiger partial charge in [-0.1, -0.05) is 36.4 Å². The van der Waals surface area contributed by atoms with Crippen LogP contribution >= 0.6 is 0 Å². The van der Waals surface area contributed by atoms with Crippen LogP contribution in [0.3, 0.4) is 0 Å². The normalized spacial score (nSPS) is 11.6. The monoisotopic (exact) mass is 283 g/mol. The molecule has 0 aromatic heterocycles. The maximum Gasteiger partial charge on any atom is 0.285 e. The SMILES string of the molecule is Fc1ccc(CNCC(F)(F)c2ccccc2)cc1F. The Hall–Kier alpha value is -1.88. The quantitative estimate of drug-likeness (QED) is 0.822. The van der Waals surface area contributed by atoms with Crippen molar-refractivity contribution in [1.82, 2.24) is 5.32 Å². The molecule has 0 radical (unpaired) electrons. The number of hydrogen-bond donors (Lipinski definition) is 1. The van der Waals surface area contributed by atoms with Gasteiger partial charge in [0.1, 0.15) is 0 Å². The van der Waals surface area contributed by atoms with Gasteiger partial charge in [0.2, 0.25) is 0 Å². The molecule has 0 aliphatic rings. The van der Waals surface area contributed by atoms with Crippen LogP contribution in [0.1, 0.15) is 11.1 Å². The summed E-state index contributed by atoms with van der Waals surface area (Å²) in [7, 11) is 0. The molecule has 0 saturated heterocycles. The highest BCUT2D eigenvalue weighted by Gasteiger charge is 2.30. The first-order chi connectivity index (χ1) is 9.49. The molecular weight excluding hydrogens is 270 g/mol. The zero-order valence-corrected chi connectivity index (χ0v) is 10.5. The van der Waals surface area contributed by atoms with Gasteiger partial charge in [-0.25, -0.2) is 8.78 Å². The zero-order valence-electron chi connectivity index (χ0n) is 10.5. The Morgan fingerprint density at radius 1 is 0.900 bits per heavy atom. The Morgan fingerprint density at radius 2 is 1.60 bits per heavy atom. The first-order valence-electron chi connectivity index (χ1n) is 6.07. The summed E-state index contributed by atoms with van der Waals surface area (Å²) >= 11 is 0. The van der Waals surface area contributed by atoms with Gasteiger partial charge in [-0.3, -0.25) is 0 Å². The van der Waals surface area contributed by atoms with Crippen LogP contribution < -0.4 is 5.32 Å². The Bertz CT molecular complexity index is 569. The molecule has 106 valence electrons. The van der Waals surface area contributed by atoms with Gasteiger partial charge in [0, 0.05) is 12.1 Å². The Kier molecular flexibility index (Phi) is 4.39. The Morgan fingerprint density at radius 3 is 2.25 bits per heavy atom. The molecule has 0 aliphatic heterocycles. The van der Waals surface area contributed by atoms with Crippen LogP contribution in [0.15, 0.2) is 48.5 Å². The summed E-state index contributed by atoms with van der Waals surface area (Å²) in [6.45, 7) is -0.532. The number of rotatable bonds is 5. The second-order valence-corrected chi connectivity index (χ2v) is 4.42. The van der Waals surface area contributed by atoms with Gasteiger partial charge in [-0.05, 0) is 17.7 Å². The van der Waals surface area contributed by atoms with E-state index in [9.17, 15) is 17.6 Å². The molecule has 0 saturated carbocycles. The van der Waals surface area contributed by atoms with E-state index in [1.165, 1.54) is 18.2 Å². The second-order valence-electron chi connectivity index (χ2n) is 4.42. The lowest BCUT2D eigenvalue weighted by molar-refractivity contribution is -0.00343. The maximum atomic E-state index is 13.8. The van der Waals surface area contributed by atoms with E-state index in [2.05, 4.69) is 5.32 Å². The highest BCUT2D eigenvalue weighted by molar-refractivity contribution is 5.21. The van der Waals surface area contributed by atoms with Crippen molar-refractivity contribution in [3.63, 3.8) is 0 Å². The van der Waals surface area contributed by atoms with Gasteiger partial charge in [0.05, 0.1) is 6.54 Å². The van der Waals surface area contributed by atoms with E-state index in [1.807, 2.05) is 0 Å². The number of halogens is 4. The summed E-state index contributed by atoms with van der Waals surface area (Å²) in [5, 5.41) is 2.55. The molecule has 2 aromatic rings. The van der Waals surface area contributed by atoms with E-state index in [4.69, 9.17) is 0 Å². The standard InChI is InChI=1S/C15H13F4N/c16-13-7-6-11(8-14(13)17)9-20-10-15(18,19)12-4-2-1-3-5-12/h1-8,20H,9-10H2. The molecule has 0 heterocycles. The summed E-state index contributed by atoms with van der Waals surface area (Å²) < 4.78 is 53.3. The van der Waals surface area contributed by atoms with Crippen molar-refractivity contribution in [2.24, 2.45) is 0 Å². The molecule has 1 N–H and O–H groups in total. The first-order valence-corrected chi connectivity index (χ1v) is 6.07. The fourth-order valence-corrected chi connectivity index (χ4v) is 1.80. The topological polar surface area (TPSA) is 12.0 Å². The summed E-state index contributed by atoms with van der Waals surface area (Å²) in [5.41, 5.74) is 0.325. The van der Waals surface area contributed by atoms with Gasteiger partial charge in [0.25, 0.3) is 5.92 Å². The van der Waals surface area contributed by atoms with Gasteiger partial charge in [-0.2, -0.15) is 8.78 Å². The Balaban J connectivity index is 1.93. The number of hydrogen-bond acceptors (Lipinski definition) is 1. The number of nitrogens with one attached hydrogen (secondary N) is 1. The minimum absolute atomic E-state index is 0.0413. The highest BCUT2D eigenvalue weighted by Crippen LogP contribution is 2.26. The molecule has 0 atom stereocenters. The summed E-state index contributed by atoms with van der Waals surface area (Å²) in [6, 6.07) is 10.8. The predicted molar refractivity (Wildman–Crippen MR) is 68.4 cm³/mol. The van der Waals surface area contributed by atoms with Gasteiger partial charge in [0.15, 0.2) is 11.6 Å². The molecule has 0 spiro atoms. The number of benzene rings is 2. The third-order valence-electron chi connectivity index (χ3n) is 2.86. The zero-order chi connectivity index (χ0) is 14.6. The average Bonchev–Trinajstić information content (AvgIpc) is 2.44. The smallest absolute Gasteiger partial charge is 0.285 e. The fraction of sp³-hybridized carbons (Fsp3) is 0.200. The molecule has 0 aliphatic carbocycles. The van der Waals surface area contributed by atoms with Crippen LogP contribution in [-0.4, -0.2) is 6.54 Å². The molecule has 2 aromatic carbocycles. The van der Waals surface area contributed by atoms with E-state index in [0.29, 0.717) is 5.56 Å². The molecule has 0 fully saturated rings. The second kappa shape index (κ2) is 6.05. The van der Waals surface area contributed by atoms with Crippen molar-refractivity contribution in [3.8, 4) is 0 Å². The first kappa shape index (κ1) is 14.5. The van der Waals surface area contributed by atoms with Crippen LogP contribution in [-0.2, 0) is 12.5 Å². The minimum Gasteiger partial charge on any atom is -0.307 e. The Labute approximate surface area is 114 Å². The van der Waals surface area contributed by atoms with E-state index >= 15 is 0 Å². The van der Waals surface area contributed by atoms with E-state index in [0.717, 1.165) is 12.1 Å². The lowest BCUT2D eigenvalue weighted by atomic mass is 10.1. The summed E-state index contributed by atoms with van der Waals surface area (Å²) in [5.74, 6) is -4.96. The molecule has 5 heteroatoms. The molecule has 20 heavy (non-hydrogen) atoms. The molecule has 1 nitrogen and oxygen atoms in total. The predicted octanol–water partition coefficient (Wildman–Crippen LogP) is 3.85.